The van der Waals surface area contributed by atoms with E-state index in [-0.39, 0.29) is 0 Å². The van der Waals surface area contributed by atoms with E-state index in [9.17, 15) is 14.7 Å². The maximum absolute atomic E-state index is 11.8. The van der Waals surface area contributed by atoms with Crippen molar-refractivity contribution in [3.8, 4) is 0 Å². The Bertz CT molecular complexity index is 538. The molecule has 24 heavy (non-hydrogen) atoms. The zero-order valence-corrected chi connectivity index (χ0v) is 14.9. The van der Waals surface area contributed by atoms with Gasteiger partial charge in [0.25, 0.3) is 0 Å². The van der Waals surface area contributed by atoms with Gasteiger partial charge in [0, 0.05) is 6.04 Å². The number of hydrogen-bond donors (Lipinski definition) is 2. The minimum atomic E-state index is -1.03. The van der Waals surface area contributed by atoms with Gasteiger partial charge in [0.1, 0.15) is 11.5 Å². The van der Waals surface area contributed by atoms with E-state index in [1.54, 1.807) is 34.6 Å². The molecule has 0 heterocycles. The molecule has 0 saturated heterocycles. The van der Waals surface area contributed by atoms with Crippen molar-refractivity contribution in [1.82, 2.24) is 5.32 Å². The molecule has 0 bridgehead atoms. The fourth-order valence-electron chi connectivity index (χ4n) is 2.31. The summed E-state index contributed by atoms with van der Waals surface area (Å²) in [6, 6.07) is 8.87. The van der Waals surface area contributed by atoms with Crippen LogP contribution in [0.15, 0.2) is 30.3 Å². The van der Waals surface area contributed by atoms with E-state index in [0.717, 1.165) is 5.56 Å². The Balaban J connectivity index is 2.64. The van der Waals surface area contributed by atoms with Crippen LogP contribution in [0.5, 0.6) is 0 Å². The molecule has 0 radical (unpaired) electrons. The van der Waals surface area contributed by atoms with Crippen molar-refractivity contribution in [3.63, 3.8) is 0 Å². The molecule has 134 valence electrons. The normalized spacial score (nSPS) is 15.2. The van der Waals surface area contributed by atoms with Crippen LogP contribution in [-0.4, -0.2) is 34.9 Å². The van der Waals surface area contributed by atoms with Crippen molar-refractivity contribution in [3.05, 3.63) is 35.9 Å². The van der Waals surface area contributed by atoms with Gasteiger partial charge in [-0.05, 0) is 40.2 Å². The first-order valence-corrected chi connectivity index (χ1v) is 7.98. The molecule has 6 heteroatoms. The predicted octanol–water partition coefficient (Wildman–Crippen LogP) is 3.21. The highest BCUT2D eigenvalue weighted by Crippen LogP contribution is 2.16. The van der Waals surface area contributed by atoms with Gasteiger partial charge in [0.15, 0.2) is 0 Å². The second kappa shape index (κ2) is 8.68. The number of carbonyl (C=O) groups is 2. The van der Waals surface area contributed by atoms with Crippen molar-refractivity contribution >= 4 is 12.1 Å². The lowest BCUT2D eigenvalue weighted by atomic mass is 9.96. The molecule has 1 aromatic carbocycles. The zero-order chi connectivity index (χ0) is 18.3. The minimum absolute atomic E-state index is 0.310. The Morgan fingerprint density at radius 1 is 1.17 bits per heavy atom. The number of amides is 1. The fourth-order valence-corrected chi connectivity index (χ4v) is 2.31. The molecule has 1 aromatic rings. The molecule has 2 N–H and O–H groups in total. The Labute approximate surface area is 143 Å². The van der Waals surface area contributed by atoms with Gasteiger partial charge in [-0.3, -0.25) is 4.79 Å². The lowest BCUT2D eigenvalue weighted by Crippen LogP contribution is -2.47. The van der Waals surface area contributed by atoms with Gasteiger partial charge in [-0.2, -0.15) is 0 Å². The van der Waals surface area contributed by atoms with Gasteiger partial charge in [0.2, 0.25) is 0 Å². The highest BCUT2D eigenvalue weighted by molar-refractivity contribution is 5.74. The first-order chi connectivity index (χ1) is 11.1. The van der Waals surface area contributed by atoms with Crippen LogP contribution in [0.3, 0.4) is 0 Å². The van der Waals surface area contributed by atoms with Crippen LogP contribution in [0.2, 0.25) is 0 Å². The molecule has 0 aliphatic rings. The van der Waals surface area contributed by atoms with Gasteiger partial charge in [-0.1, -0.05) is 30.3 Å². The average molecular weight is 337 g/mol. The predicted molar refractivity (Wildman–Crippen MR) is 90.7 cm³/mol. The van der Waals surface area contributed by atoms with Gasteiger partial charge in [-0.25, -0.2) is 4.79 Å². The first kappa shape index (κ1) is 20.0. The highest BCUT2D eigenvalue weighted by atomic mass is 16.6. The largest absolute Gasteiger partial charge is 0.481 e. The van der Waals surface area contributed by atoms with Crippen LogP contribution in [0.1, 0.15) is 40.2 Å². The molecule has 0 aliphatic heterocycles. The fraction of sp³-hybridized carbons (Fsp3) is 0.556. The van der Waals surface area contributed by atoms with Crippen LogP contribution in [0.4, 0.5) is 4.79 Å². The lowest BCUT2D eigenvalue weighted by Gasteiger charge is -2.28. The summed E-state index contributed by atoms with van der Waals surface area (Å²) >= 11 is 0. The molecule has 0 fully saturated rings. The number of hydrogen-bond acceptors (Lipinski definition) is 4. The van der Waals surface area contributed by atoms with Crippen molar-refractivity contribution in [1.29, 1.82) is 0 Å². The Hall–Kier alpha value is -2.08. The smallest absolute Gasteiger partial charge is 0.407 e. The van der Waals surface area contributed by atoms with E-state index in [2.05, 4.69) is 5.32 Å². The zero-order valence-electron chi connectivity index (χ0n) is 14.9. The number of nitrogens with one attached hydrogen (secondary N) is 1. The summed E-state index contributed by atoms with van der Waals surface area (Å²) in [6.07, 6.45) is -1.22. The third-order valence-corrected chi connectivity index (χ3v) is 3.43. The van der Waals surface area contributed by atoms with Crippen molar-refractivity contribution < 1.29 is 24.2 Å². The van der Waals surface area contributed by atoms with E-state index in [1.807, 2.05) is 30.3 Å². The van der Waals surface area contributed by atoms with E-state index in [4.69, 9.17) is 9.47 Å². The molecule has 0 spiro atoms. The molecule has 1 rings (SSSR count). The molecule has 0 aromatic heterocycles. The number of aliphatic carboxylic acids is 1. The van der Waals surface area contributed by atoms with Crippen LogP contribution >= 0.6 is 0 Å². The molecule has 6 nitrogen and oxygen atoms in total. The number of carbonyl (C=O) groups excluding carboxylic acids is 1. The second-order valence-electron chi connectivity index (χ2n) is 6.80. The Morgan fingerprint density at radius 3 is 2.25 bits per heavy atom. The summed E-state index contributed by atoms with van der Waals surface area (Å²) in [5.41, 5.74) is 0.319. The SMILES string of the molecule is C[C@@H](NC(=O)OC(C)(C)C)[C@H](C(=O)O)[C@@H](C)OCc1ccccc1. The van der Waals surface area contributed by atoms with E-state index < -0.39 is 35.7 Å². The molecule has 3 atom stereocenters. The van der Waals surface area contributed by atoms with Crippen molar-refractivity contribution in [2.75, 3.05) is 0 Å². The van der Waals surface area contributed by atoms with E-state index in [0.29, 0.717) is 6.61 Å². The quantitative estimate of drug-likeness (QED) is 0.798. The summed E-state index contributed by atoms with van der Waals surface area (Å²) in [5.74, 6) is -1.92. The Kier molecular flexibility index (Phi) is 7.22. The summed E-state index contributed by atoms with van der Waals surface area (Å²) in [7, 11) is 0. The lowest BCUT2D eigenvalue weighted by molar-refractivity contribution is -0.148. The summed E-state index contributed by atoms with van der Waals surface area (Å²) in [5, 5.41) is 12.1. The highest BCUT2D eigenvalue weighted by Gasteiger charge is 2.33. The topological polar surface area (TPSA) is 84.9 Å². The van der Waals surface area contributed by atoms with Crippen molar-refractivity contribution in [2.45, 2.75) is 59.0 Å². The summed E-state index contributed by atoms with van der Waals surface area (Å²) in [6.45, 7) is 8.87. The molecule has 1 amide bonds. The molecular formula is C18H27NO5. The van der Waals surface area contributed by atoms with Crippen LogP contribution in [0.25, 0.3) is 0 Å². The summed E-state index contributed by atoms with van der Waals surface area (Å²) in [4.78, 5) is 23.4. The van der Waals surface area contributed by atoms with Gasteiger partial charge in [0.05, 0.1) is 12.7 Å². The second-order valence-corrected chi connectivity index (χ2v) is 6.80. The van der Waals surface area contributed by atoms with Gasteiger partial charge < -0.3 is 19.9 Å². The first-order valence-electron chi connectivity index (χ1n) is 7.98. The van der Waals surface area contributed by atoms with E-state index in [1.165, 1.54) is 0 Å². The van der Waals surface area contributed by atoms with E-state index >= 15 is 0 Å². The molecule has 0 saturated carbocycles. The van der Waals surface area contributed by atoms with Crippen molar-refractivity contribution in [2.24, 2.45) is 5.92 Å². The monoisotopic (exact) mass is 337 g/mol. The Morgan fingerprint density at radius 2 is 1.75 bits per heavy atom. The number of rotatable bonds is 7. The number of benzene rings is 1. The molecule has 0 aliphatic carbocycles. The maximum Gasteiger partial charge on any atom is 0.407 e. The molecular weight excluding hydrogens is 310 g/mol. The minimum Gasteiger partial charge on any atom is -0.481 e. The third-order valence-electron chi connectivity index (χ3n) is 3.43. The van der Waals surface area contributed by atoms with Crippen LogP contribution in [-0.2, 0) is 20.9 Å². The number of carboxylic acids is 1. The standard InChI is InChI=1S/C18H27NO5/c1-12(19-17(22)24-18(3,4)5)15(16(20)21)13(2)23-11-14-9-7-6-8-10-14/h6-10,12-13,15H,11H2,1-5H3,(H,19,22)(H,20,21)/t12-,13-,15+/m1/s1. The third kappa shape index (κ3) is 7.00. The number of ether oxygens (including phenoxy) is 2. The maximum atomic E-state index is 11.8. The molecule has 0 unspecified atom stereocenters. The summed E-state index contributed by atoms with van der Waals surface area (Å²) < 4.78 is 10.8. The van der Waals surface area contributed by atoms with Gasteiger partial charge >= 0.3 is 12.1 Å². The van der Waals surface area contributed by atoms with Crippen LogP contribution in [0, 0.1) is 5.92 Å². The number of carboxylic acid groups (broad SMARTS) is 1. The number of alkyl carbamates (subject to hydrolysis) is 1. The average Bonchev–Trinajstić information content (AvgIpc) is 2.43. The van der Waals surface area contributed by atoms with Gasteiger partial charge in [-0.15, -0.1) is 0 Å². The van der Waals surface area contributed by atoms with Crippen LogP contribution < -0.4 is 5.32 Å².